The van der Waals surface area contributed by atoms with Gasteiger partial charge in [0.1, 0.15) is 11.6 Å². The Morgan fingerprint density at radius 3 is 2.58 bits per heavy atom. The Balaban J connectivity index is 2.49. The number of hydrogen-bond acceptors (Lipinski definition) is 4. The van der Waals surface area contributed by atoms with E-state index in [1.165, 1.54) is 0 Å². The molecule has 4 nitrogen and oxygen atoms in total. The average Bonchev–Trinajstić information content (AvgIpc) is 2.38. The lowest BCUT2D eigenvalue weighted by Crippen LogP contribution is -2.06. The van der Waals surface area contributed by atoms with Crippen LogP contribution < -0.4 is 5.32 Å². The second-order valence-electron chi connectivity index (χ2n) is 4.93. The first-order valence-corrected chi connectivity index (χ1v) is 6.65. The van der Waals surface area contributed by atoms with E-state index in [9.17, 15) is 0 Å². The Morgan fingerprint density at radius 2 is 1.95 bits per heavy atom. The normalized spacial score (nSPS) is 10.8. The van der Waals surface area contributed by atoms with Crippen LogP contribution in [-0.2, 0) is 0 Å². The van der Waals surface area contributed by atoms with E-state index in [1.807, 2.05) is 25.4 Å². The van der Waals surface area contributed by atoms with Crippen molar-refractivity contribution in [3.8, 4) is 11.3 Å². The van der Waals surface area contributed by atoms with E-state index in [0.29, 0.717) is 5.92 Å². The number of pyridine rings is 1. The summed E-state index contributed by atoms with van der Waals surface area (Å²) in [5.74, 6) is 2.03. The van der Waals surface area contributed by atoms with Gasteiger partial charge >= 0.3 is 0 Å². The van der Waals surface area contributed by atoms with Gasteiger partial charge in [-0.1, -0.05) is 13.8 Å². The number of aryl methyl sites for hydroxylation is 1. The lowest BCUT2D eigenvalue weighted by molar-refractivity contribution is 0.776. The van der Waals surface area contributed by atoms with Crippen molar-refractivity contribution in [1.82, 2.24) is 15.0 Å². The molecule has 0 aliphatic carbocycles. The summed E-state index contributed by atoms with van der Waals surface area (Å²) >= 11 is 0. The third kappa shape index (κ3) is 3.28. The predicted octanol–water partition coefficient (Wildman–Crippen LogP) is 3.40. The molecule has 100 valence electrons. The zero-order valence-corrected chi connectivity index (χ0v) is 11.9. The van der Waals surface area contributed by atoms with E-state index >= 15 is 0 Å². The summed E-state index contributed by atoms with van der Waals surface area (Å²) in [6.45, 7) is 9.14. The molecule has 0 unspecified atom stereocenters. The zero-order chi connectivity index (χ0) is 13.8. The highest BCUT2D eigenvalue weighted by Gasteiger charge is 2.09. The molecule has 4 heteroatoms. The summed E-state index contributed by atoms with van der Waals surface area (Å²) in [4.78, 5) is 13.4. The van der Waals surface area contributed by atoms with Gasteiger partial charge in [0.05, 0.1) is 5.69 Å². The van der Waals surface area contributed by atoms with Crippen LogP contribution in [0, 0.1) is 6.92 Å². The molecule has 0 saturated carbocycles. The van der Waals surface area contributed by atoms with E-state index in [4.69, 9.17) is 0 Å². The lowest BCUT2D eigenvalue weighted by atomic mass is 10.1. The average molecular weight is 256 g/mol. The van der Waals surface area contributed by atoms with Crippen LogP contribution in [0.15, 0.2) is 24.5 Å². The van der Waals surface area contributed by atoms with Gasteiger partial charge in [-0.05, 0) is 25.5 Å². The zero-order valence-electron chi connectivity index (χ0n) is 11.9. The molecule has 0 aliphatic rings. The molecule has 2 rings (SSSR count). The van der Waals surface area contributed by atoms with Crippen LogP contribution in [0.4, 0.5) is 5.82 Å². The minimum atomic E-state index is 0.301. The van der Waals surface area contributed by atoms with E-state index in [0.717, 1.165) is 35.0 Å². The largest absolute Gasteiger partial charge is 0.370 e. The summed E-state index contributed by atoms with van der Waals surface area (Å²) in [7, 11) is 0. The predicted molar refractivity (Wildman–Crippen MR) is 78.3 cm³/mol. The monoisotopic (exact) mass is 256 g/mol. The minimum absolute atomic E-state index is 0.301. The van der Waals surface area contributed by atoms with Gasteiger partial charge in [-0.15, -0.1) is 0 Å². The Morgan fingerprint density at radius 1 is 1.16 bits per heavy atom. The molecule has 0 fully saturated rings. The van der Waals surface area contributed by atoms with Crippen LogP contribution in [-0.4, -0.2) is 21.5 Å². The maximum atomic E-state index is 4.64. The summed E-state index contributed by atoms with van der Waals surface area (Å²) < 4.78 is 0. The number of aromatic nitrogens is 3. The van der Waals surface area contributed by atoms with Gasteiger partial charge < -0.3 is 5.32 Å². The molecule has 2 heterocycles. The fourth-order valence-corrected chi connectivity index (χ4v) is 1.84. The third-order valence-electron chi connectivity index (χ3n) is 2.79. The van der Waals surface area contributed by atoms with E-state index in [-0.39, 0.29) is 0 Å². The number of hydrogen-bond donors (Lipinski definition) is 1. The van der Waals surface area contributed by atoms with Gasteiger partial charge in [0, 0.05) is 36.5 Å². The summed E-state index contributed by atoms with van der Waals surface area (Å²) in [5.41, 5.74) is 3.08. The Labute approximate surface area is 114 Å². The smallest absolute Gasteiger partial charge is 0.133 e. The molecule has 19 heavy (non-hydrogen) atoms. The maximum Gasteiger partial charge on any atom is 0.133 e. The van der Waals surface area contributed by atoms with Crippen LogP contribution in [0.1, 0.15) is 38.1 Å². The van der Waals surface area contributed by atoms with Crippen molar-refractivity contribution in [2.24, 2.45) is 0 Å². The van der Waals surface area contributed by atoms with Gasteiger partial charge in [-0.25, -0.2) is 9.97 Å². The van der Waals surface area contributed by atoms with E-state index in [2.05, 4.69) is 47.1 Å². The first-order valence-electron chi connectivity index (χ1n) is 6.65. The molecule has 0 bridgehead atoms. The topological polar surface area (TPSA) is 50.7 Å². The van der Waals surface area contributed by atoms with Crippen LogP contribution in [0.2, 0.25) is 0 Å². The molecule has 0 saturated heterocycles. The van der Waals surface area contributed by atoms with E-state index < -0.39 is 0 Å². The van der Waals surface area contributed by atoms with Gasteiger partial charge in [0.15, 0.2) is 0 Å². The van der Waals surface area contributed by atoms with Crippen LogP contribution in [0.3, 0.4) is 0 Å². The Hall–Kier alpha value is -1.97. The summed E-state index contributed by atoms with van der Waals surface area (Å²) in [6, 6.07) is 4.07. The van der Waals surface area contributed by atoms with Gasteiger partial charge in [-0.2, -0.15) is 0 Å². The van der Waals surface area contributed by atoms with Crippen molar-refractivity contribution in [1.29, 1.82) is 0 Å². The number of anilines is 1. The second-order valence-corrected chi connectivity index (χ2v) is 4.93. The van der Waals surface area contributed by atoms with Crippen molar-refractivity contribution >= 4 is 5.82 Å². The molecular weight excluding hydrogens is 236 g/mol. The molecule has 1 N–H and O–H groups in total. The number of rotatable bonds is 4. The van der Waals surface area contributed by atoms with Crippen LogP contribution in [0.25, 0.3) is 11.3 Å². The first-order chi connectivity index (χ1) is 9.10. The second kappa shape index (κ2) is 5.78. The Bertz CT molecular complexity index is 564. The summed E-state index contributed by atoms with van der Waals surface area (Å²) in [5, 5.41) is 3.26. The highest BCUT2D eigenvalue weighted by atomic mass is 15.0. The highest BCUT2D eigenvalue weighted by Crippen LogP contribution is 2.22. The van der Waals surface area contributed by atoms with Crippen molar-refractivity contribution in [2.75, 3.05) is 11.9 Å². The fraction of sp³-hybridized carbons (Fsp3) is 0.400. The number of nitrogens with zero attached hydrogens (tertiary/aromatic N) is 3. The Kier molecular flexibility index (Phi) is 4.10. The molecular formula is C15H20N4. The van der Waals surface area contributed by atoms with Gasteiger partial charge in [0.25, 0.3) is 0 Å². The molecule has 0 amide bonds. The van der Waals surface area contributed by atoms with Crippen molar-refractivity contribution in [2.45, 2.75) is 33.6 Å². The standard InChI is InChI=1S/C15H20N4/c1-5-17-14-7-13(18-15(19-14)10(2)3)12-6-11(4)8-16-9-12/h6-10H,5H2,1-4H3,(H,17,18,19). The summed E-state index contributed by atoms with van der Waals surface area (Å²) in [6.07, 6.45) is 3.69. The van der Waals surface area contributed by atoms with Crippen LogP contribution >= 0.6 is 0 Å². The molecule has 0 aromatic carbocycles. The maximum absolute atomic E-state index is 4.64. The quantitative estimate of drug-likeness (QED) is 0.910. The van der Waals surface area contributed by atoms with Crippen LogP contribution in [0.5, 0.6) is 0 Å². The SMILES string of the molecule is CCNc1cc(-c2cncc(C)c2)nc(C(C)C)n1. The molecule has 0 aliphatic heterocycles. The highest BCUT2D eigenvalue weighted by molar-refractivity contribution is 5.62. The van der Waals surface area contributed by atoms with Crippen molar-refractivity contribution < 1.29 is 0 Å². The molecule has 0 radical (unpaired) electrons. The van der Waals surface area contributed by atoms with Crippen molar-refractivity contribution in [3.63, 3.8) is 0 Å². The fourth-order valence-electron chi connectivity index (χ4n) is 1.84. The number of nitrogens with one attached hydrogen (secondary N) is 1. The third-order valence-corrected chi connectivity index (χ3v) is 2.79. The first kappa shape index (κ1) is 13.5. The molecule has 2 aromatic heterocycles. The van der Waals surface area contributed by atoms with Crippen molar-refractivity contribution in [3.05, 3.63) is 35.9 Å². The van der Waals surface area contributed by atoms with Gasteiger partial charge in [-0.3, -0.25) is 4.98 Å². The molecule has 0 atom stereocenters. The molecule has 2 aromatic rings. The van der Waals surface area contributed by atoms with Gasteiger partial charge in [0.2, 0.25) is 0 Å². The van der Waals surface area contributed by atoms with E-state index in [1.54, 1.807) is 0 Å². The lowest BCUT2D eigenvalue weighted by Gasteiger charge is -2.11. The minimum Gasteiger partial charge on any atom is -0.370 e. The molecule has 0 spiro atoms.